The van der Waals surface area contributed by atoms with Crippen molar-refractivity contribution in [2.24, 2.45) is 0 Å². The van der Waals surface area contributed by atoms with Crippen LogP contribution in [-0.2, 0) is 0 Å². The van der Waals surface area contributed by atoms with E-state index in [0.717, 1.165) is 20.5 Å². The third-order valence-electron chi connectivity index (χ3n) is 2.25. The molecule has 1 aromatic carbocycles. The molecule has 1 nitrogen and oxygen atoms in total. The highest BCUT2D eigenvalue weighted by Gasteiger charge is 2.05. The molecule has 0 atom stereocenters. The fourth-order valence-electron chi connectivity index (χ4n) is 1.45. The van der Waals surface area contributed by atoms with Crippen molar-refractivity contribution in [3.8, 4) is 0 Å². The molecule has 0 fully saturated rings. The molecule has 0 aliphatic heterocycles. The van der Waals surface area contributed by atoms with Crippen LogP contribution in [0, 0.1) is 6.92 Å². The predicted molar refractivity (Wildman–Crippen MR) is 62.9 cm³/mol. The molecule has 0 saturated heterocycles. The van der Waals surface area contributed by atoms with Gasteiger partial charge in [0.25, 0.3) is 0 Å². The van der Waals surface area contributed by atoms with Gasteiger partial charge in [-0.05, 0) is 19.1 Å². The van der Waals surface area contributed by atoms with Gasteiger partial charge in [-0.15, -0.1) is 11.3 Å². The monoisotopic (exact) mass is 202 g/mol. The minimum absolute atomic E-state index is 0.120. The first-order chi connectivity index (χ1) is 6.74. The van der Waals surface area contributed by atoms with Crippen molar-refractivity contribution >= 4 is 27.5 Å². The Bertz CT molecular complexity index is 552. The summed E-state index contributed by atoms with van der Waals surface area (Å²) >= 11 is 1.61. The molecular weight excluding hydrogens is 192 g/mol. The average molecular weight is 202 g/mol. The van der Waals surface area contributed by atoms with Gasteiger partial charge in [-0.1, -0.05) is 24.8 Å². The molecule has 0 amide bonds. The fourth-order valence-corrected chi connectivity index (χ4v) is 2.43. The second-order valence-electron chi connectivity index (χ2n) is 3.12. The Morgan fingerprint density at radius 2 is 2.07 bits per heavy atom. The number of rotatable bonds is 1. The molecule has 0 bridgehead atoms. The number of benzene rings is 1. The summed E-state index contributed by atoms with van der Waals surface area (Å²) < 4.78 is 1.03. The zero-order valence-electron chi connectivity index (χ0n) is 7.91. The Morgan fingerprint density at radius 1 is 1.36 bits per heavy atom. The van der Waals surface area contributed by atoms with Crippen LogP contribution < -0.4 is 5.43 Å². The van der Waals surface area contributed by atoms with Crippen molar-refractivity contribution in [2.75, 3.05) is 0 Å². The molecule has 14 heavy (non-hydrogen) atoms. The fraction of sp³-hybridized carbons (Fsp3) is 0.0833. The van der Waals surface area contributed by atoms with E-state index in [2.05, 4.69) is 6.58 Å². The van der Waals surface area contributed by atoms with Crippen molar-refractivity contribution in [1.82, 2.24) is 0 Å². The maximum atomic E-state index is 11.9. The van der Waals surface area contributed by atoms with Crippen LogP contribution in [0.2, 0.25) is 0 Å². The van der Waals surface area contributed by atoms with E-state index in [0.29, 0.717) is 0 Å². The van der Waals surface area contributed by atoms with Crippen LogP contribution in [0.3, 0.4) is 0 Å². The van der Waals surface area contributed by atoms with Crippen LogP contribution in [0.4, 0.5) is 0 Å². The minimum atomic E-state index is 0.120. The molecule has 2 rings (SSSR count). The van der Waals surface area contributed by atoms with Gasteiger partial charge in [0.2, 0.25) is 0 Å². The second-order valence-corrected chi connectivity index (χ2v) is 4.20. The molecule has 1 aromatic heterocycles. The minimum Gasteiger partial charge on any atom is -0.289 e. The van der Waals surface area contributed by atoms with E-state index in [1.54, 1.807) is 17.4 Å². The summed E-state index contributed by atoms with van der Waals surface area (Å²) in [5.41, 5.74) is 0.915. The van der Waals surface area contributed by atoms with Crippen molar-refractivity contribution in [3.05, 3.63) is 51.5 Å². The number of hydrogen-bond donors (Lipinski definition) is 0. The molecular formula is C12H10OS. The molecule has 0 radical (unpaired) electrons. The Labute approximate surface area is 86.3 Å². The van der Waals surface area contributed by atoms with Gasteiger partial charge in [0.05, 0.1) is 0 Å². The van der Waals surface area contributed by atoms with Crippen LogP contribution in [0.5, 0.6) is 0 Å². The van der Waals surface area contributed by atoms with E-state index in [4.69, 9.17) is 0 Å². The Kier molecular flexibility index (Phi) is 2.22. The van der Waals surface area contributed by atoms with E-state index >= 15 is 0 Å². The highest BCUT2D eigenvalue weighted by atomic mass is 32.1. The molecule has 1 heterocycles. The molecule has 2 heteroatoms. The van der Waals surface area contributed by atoms with E-state index in [9.17, 15) is 4.79 Å². The first-order valence-corrected chi connectivity index (χ1v) is 5.20. The predicted octanol–water partition coefficient (Wildman–Crippen LogP) is 3.21. The van der Waals surface area contributed by atoms with Crippen molar-refractivity contribution < 1.29 is 0 Å². The molecule has 0 N–H and O–H groups in total. The first kappa shape index (κ1) is 9.16. The lowest BCUT2D eigenvalue weighted by Crippen LogP contribution is -2.05. The average Bonchev–Trinajstić information content (AvgIpc) is 2.23. The lowest BCUT2D eigenvalue weighted by molar-refractivity contribution is 1.45. The third-order valence-corrected chi connectivity index (χ3v) is 3.52. The van der Waals surface area contributed by atoms with Crippen molar-refractivity contribution in [2.45, 2.75) is 6.92 Å². The Morgan fingerprint density at radius 3 is 2.79 bits per heavy atom. The van der Waals surface area contributed by atoms with Gasteiger partial charge in [0.15, 0.2) is 5.43 Å². The summed E-state index contributed by atoms with van der Waals surface area (Å²) in [6.07, 6.45) is 1.74. The zero-order valence-corrected chi connectivity index (χ0v) is 8.73. The van der Waals surface area contributed by atoms with Crippen LogP contribution in [-0.4, -0.2) is 0 Å². The summed E-state index contributed by atoms with van der Waals surface area (Å²) in [5.74, 6) is 0. The Balaban J connectivity index is 2.99. The van der Waals surface area contributed by atoms with Crippen LogP contribution in [0.25, 0.3) is 16.2 Å². The first-order valence-electron chi connectivity index (χ1n) is 4.39. The van der Waals surface area contributed by atoms with E-state index in [-0.39, 0.29) is 5.43 Å². The van der Waals surface area contributed by atoms with Crippen LogP contribution in [0.15, 0.2) is 35.6 Å². The second kappa shape index (κ2) is 3.39. The summed E-state index contributed by atoms with van der Waals surface area (Å²) in [4.78, 5) is 12.8. The topological polar surface area (TPSA) is 17.1 Å². The molecule has 0 unspecified atom stereocenters. The Hall–Kier alpha value is -1.41. The standard InChI is InChI=1S/C12H10OS/c1-3-10-8(2)12(13)9-6-4-5-7-11(9)14-10/h3-7H,1H2,2H3. The molecule has 0 aliphatic rings. The van der Waals surface area contributed by atoms with Gasteiger partial charge in [-0.2, -0.15) is 0 Å². The summed E-state index contributed by atoms with van der Waals surface area (Å²) in [6, 6.07) is 7.67. The van der Waals surface area contributed by atoms with Crippen LogP contribution >= 0.6 is 11.3 Å². The quantitative estimate of drug-likeness (QED) is 0.694. The van der Waals surface area contributed by atoms with Gasteiger partial charge in [-0.3, -0.25) is 4.79 Å². The third kappa shape index (κ3) is 1.28. The molecule has 2 aromatic rings. The maximum Gasteiger partial charge on any atom is 0.191 e. The van der Waals surface area contributed by atoms with Gasteiger partial charge in [-0.25, -0.2) is 0 Å². The van der Waals surface area contributed by atoms with Gasteiger partial charge in [0.1, 0.15) is 0 Å². The van der Waals surface area contributed by atoms with Gasteiger partial charge >= 0.3 is 0 Å². The van der Waals surface area contributed by atoms with Gasteiger partial charge < -0.3 is 0 Å². The zero-order chi connectivity index (χ0) is 10.1. The highest BCUT2D eigenvalue weighted by Crippen LogP contribution is 2.21. The van der Waals surface area contributed by atoms with Crippen molar-refractivity contribution in [3.63, 3.8) is 0 Å². The maximum absolute atomic E-state index is 11.9. The van der Waals surface area contributed by atoms with E-state index in [1.807, 2.05) is 31.2 Å². The highest BCUT2D eigenvalue weighted by molar-refractivity contribution is 7.19. The normalized spacial score (nSPS) is 10.4. The smallest absolute Gasteiger partial charge is 0.191 e. The number of fused-ring (bicyclic) bond motifs is 1. The number of hydrogen-bond acceptors (Lipinski definition) is 2. The largest absolute Gasteiger partial charge is 0.289 e. The summed E-state index contributed by atoms with van der Waals surface area (Å²) in [5, 5.41) is 0.806. The lowest BCUT2D eigenvalue weighted by Gasteiger charge is -2.01. The molecule has 0 aliphatic carbocycles. The van der Waals surface area contributed by atoms with Crippen LogP contribution in [0.1, 0.15) is 10.4 Å². The molecule has 70 valence electrons. The lowest BCUT2D eigenvalue weighted by atomic mass is 10.2. The van der Waals surface area contributed by atoms with E-state index in [1.165, 1.54) is 0 Å². The van der Waals surface area contributed by atoms with Crippen molar-refractivity contribution in [1.29, 1.82) is 0 Å². The van der Waals surface area contributed by atoms with Gasteiger partial charge in [0, 0.05) is 20.5 Å². The summed E-state index contributed by atoms with van der Waals surface area (Å²) in [6.45, 7) is 5.56. The SMILES string of the molecule is C=Cc1sc2ccccc2c(=O)c1C. The summed E-state index contributed by atoms with van der Waals surface area (Å²) in [7, 11) is 0. The molecule has 0 saturated carbocycles. The molecule has 0 spiro atoms. The van der Waals surface area contributed by atoms with E-state index < -0.39 is 0 Å².